The van der Waals surface area contributed by atoms with Gasteiger partial charge in [-0.3, -0.25) is 19.0 Å². The fourth-order valence-corrected chi connectivity index (χ4v) is 4.51. The number of amides is 1. The summed E-state index contributed by atoms with van der Waals surface area (Å²) in [6.45, 7) is 0. The van der Waals surface area contributed by atoms with Gasteiger partial charge in [0.25, 0.3) is 11.3 Å². The van der Waals surface area contributed by atoms with Gasteiger partial charge in [-0.25, -0.2) is 4.79 Å². The van der Waals surface area contributed by atoms with E-state index in [1.165, 1.54) is 49.7 Å². The highest BCUT2D eigenvalue weighted by Crippen LogP contribution is 2.35. The van der Waals surface area contributed by atoms with Gasteiger partial charge in [-0.1, -0.05) is 41.9 Å². The molecule has 0 bridgehead atoms. The zero-order chi connectivity index (χ0) is 30.6. The molecule has 4 aromatic rings. The van der Waals surface area contributed by atoms with E-state index in [1.54, 1.807) is 30.3 Å². The standard InChI is InChI=1S/C30H25ClN2O9/c1-42-25-16-33(26(34)15-23(25)22-14-19(31)9-12-21(22)27(35)30(39,40)41)24(13-17-5-3-2-4-6-17)28(36)32-20-10-7-18(8-11-20)29(37)38/h2-12,14-16,24,39-41H,13H2,1H3,(H,32,36)(H,37,38). The Bertz CT molecular complexity index is 1700. The molecule has 1 unspecified atom stereocenters. The summed E-state index contributed by atoms with van der Waals surface area (Å²) in [4.78, 5) is 50.9. The van der Waals surface area contributed by atoms with Crippen LogP contribution < -0.4 is 15.6 Å². The van der Waals surface area contributed by atoms with Crippen molar-refractivity contribution in [3.8, 4) is 16.9 Å². The van der Waals surface area contributed by atoms with Crippen LogP contribution in [0.2, 0.25) is 5.02 Å². The number of carbonyl (C=O) groups excluding carboxylic acids is 2. The number of methoxy groups -OCH3 is 1. The number of nitrogens with one attached hydrogen (secondary N) is 1. The predicted molar refractivity (Wildman–Crippen MR) is 153 cm³/mol. The van der Waals surface area contributed by atoms with Crippen LogP contribution in [0.5, 0.6) is 5.75 Å². The lowest BCUT2D eigenvalue weighted by molar-refractivity contribution is -0.267. The molecule has 0 aliphatic rings. The first-order valence-corrected chi connectivity index (χ1v) is 12.8. The van der Waals surface area contributed by atoms with E-state index in [0.29, 0.717) is 5.69 Å². The van der Waals surface area contributed by atoms with E-state index in [9.17, 15) is 34.5 Å². The highest BCUT2D eigenvalue weighted by Gasteiger charge is 2.34. The molecule has 1 atom stereocenters. The number of nitrogens with zero attached hydrogens (tertiary/aromatic N) is 1. The molecule has 0 aliphatic carbocycles. The first-order chi connectivity index (χ1) is 19.9. The smallest absolute Gasteiger partial charge is 0.344 e. The second-order valence-corrected chi connectivity index (χ2v) is 9.67. The van der Waals surface area contributed by atoms with Gasteiger partial charge < -0.3 is 30.5 Å². The van der Waals surface area contributed by atoms with E-state index in [-0.39, 0.29) is 39.4 Å². The molecule has 0 fully saturated rings. The molecule has 0 aliphatic heterocycles. The van der Waals surface area contributed by atoms with Gasteiger partial charge in [0.2, 0.25) is 5.91 Å². The van der Waals surface area contributed by atoms with E-state index in [0.717, 1.165) is 22.3 Å². The van der Waals surface area contributed by atoms with Gasteiger partial charge in [-0.2, -0.15) is 0 Å². The number of ether oxygens (including phenoxy) is 1. The number of aromatic carboxylic acids is 1. The lowest BCUT2D eigenvalue weighted by Crippen LogP contribution is -2.38. The molecule has 42 heavy (non-hydrogen) atoms. The zero-order valence-electron chi connectivity index (χ0n) is 22.0. The van der Waals surface area contributed by atoms with E-state index in [4.69, 9.17) is 21.4 Å². The van der Waals surface area contributed by atoms with Crippen LogP contribution in [-0.4, -0.2) is 55.7 Å². The van der Waals surface area contributed by atoms with Crippen molar-refractivity contribution in [1.82, 2.24) is 4.57 Å². The Morgan fingerprint density at radius 2 is 1.62 bits per heavy atom. The number of carbonyl (C=O) groups is 3. The maximum atomic E-state index is 13.6. The van der Waals surface area contributed by atoms with Crippen molar-refractivity contribution in [3.63, 3.8) is 0 Å². The summed E-state index contributed by atoms with van der Waals surface area (Å²) >= 11 is 6.13. The number of benzene rings is 3. The largest absolute Gasteiger partial charge is 0.495 e. The minimum atomic E-state index is -3.69. The van der Waals surface area contributed by atoms with Crippen LogP contribution in [0.15, 0.2) is 89.9 Å². The summed E-state index contributed by atoms with van der Waals surface area (Å²) in [5.74, 6) is -6.83. The second kappa shape index (κ2) is 12.4. The Hall–Kier alpha value is -4.81. The van der Waals surface area contributed by atoms with Crippen molar-refractivity contribution in [1.29, 1.82) is 0 Å². The molecule has 1 amide bonds. The molecule has 0 saturated carbocycles. The molecule has 1 aromatic heterocycles. The van der Waals surface area contributed by atoms with E-state index < -0.39 is 35.2 Å². The molecule has 3 aromatic carbocycles. The molecular weight excluding hydrogens is 568 g/mol. The lowest BCUT2D eigenvalue weighted by Gasteiger charge is -2.22. The average molecular weight is 593 g/mol. The zero-order valence-corrected chi connectivity index (χ0v) is 22.8. The van der Waals surface area contributed by atoms with Crippen molar-refractivity contribution in [2.75, 3.05) is 12.4 Å². The highest BCUT2D eigenvalue weighted by atomic mass is 35.5. The number of carboxylic acid groups (broad SMARTS) is 1. The summed E-state index contributed by atoms with van der Waals surface area (Å²) in [6, 6.07) is 18.2. The van der Waals surface area contributed by atoms with Gasteiger partial charge in [-0.15, -0.1) is 0 Å². The van der Waals surface area contributed by atoms with Gasteiger partial charge in [-0.05, 0) is 53.6 Å². The Labute approximate surface area is 243 Å². The summed E-state index contributed by atoms with van der Waals surface area (Å²) < 4.78 is 6.65. The maximum Gasteiger partial charge on any atom is 0.344 e. The Kier molecular flexibility index (Phi) is 8.88. The molecule has 12 heteroatoms. The number of halogens is 1. The number of hydrogen-bond acceptors (Lipinski definition) is 8. The number of Topliss-reactive ketones (excluding diaryl/α,β-unsaturated/α-hetero) is 1. The fourth-order valence-electron chi connectivity index (χ4n) is 4.34. The Morgan fingerprint density at radius 3 is 2.21 bits per heavy atom. The Morgan fingerprint density at radius 1 is 0.952 bits per heavy atom. The molecule has 0 radical (unpaired) electrons. The maximum absolute atomic E-state index is 13.6. The van der Waals surface area contributed by atoms with Crippen molar-refractivity contribution in [3.05, 3.63) is 117 Å². The van der Waals surface area contributed by atoms with Gasteiger partial charge >= 0.3 is 11.9 Å². The van der Waals surface area contributed by atoms with E-state index in [2.05, 4.69) is 5.32 Å². The number of carboxylic acids is 1. The summed E-state index contributed by atoms with van der Waals surface area (Å²) in [6.07, 6.45) is 1.36. The number of pyridine rings is 1. The summed E-state index contributed by atoms with van der Waals surface area (Å²) in [7, 11) is 1.30. The molecule has 1 heterocycles. The highest BCUT2D eigenvalue weighted by molar-refractivity contribution is 6.31. The van der Waals surface area contributed by atoms with Crippen molar-refractivity contribution < 1.29 is 39.5 Å². The quantitative estimate of drug-likeness (QED) is 0.137. The van der Waals surface area contributed by atoms with Gasteiger partial charge in [0.05, 0.1) is 18.9 Å². The summed E-state index contributed by atoms with van der Waals surface area (Å²) in [5, 5.41) is 40.5. The number of aliphatic hydroxyl groups is 3. The van der Waals surface area contributed by atoms with Gasteiger partial charge in [0, 0.05) is 34.3 Å². The van der Waals surface area contributed by atoms with Crippen molar-refractivity contribution in [2.45, 2.75) is 18.4 Å². The van der Waals surface area contributed by atoms with Crippen LogP contribution in [0, 0.1) is 0 Å². The number of aromatic nitrogens is 1. The predicted octanol–water partition coefficient (Wildman–Crippen LogP) is 3.11. The van der Waals surface area contributed by atoms with Crippen molar-refractivity contribution >= 4 is 34.9 Å². The SMILES string of the molecule is COc1cn(C(Cc2ccccc2)C(=O)Nc2ccc(C(=O)O)cc2)c(=O)cc1-c1cc(Cl)ccc1C(=O)C(O)(O)O. The third-order valence-corrected chi connectivity index (χ3v) is 6.63. The topological polar surface area (TPSA) is 175 Å². The van der Waals surface area contributed by atoms with Crippen molar-refractivity contribution in [2.24, 2.45) is 0 Å². The molecule has 216 valence electrons. The molecule has 5 N–H and O–H groups in total. The first-order valence-electron chi connectivity index (χ1n) is 12.4. The lowest BCUT2D eigenvalue weighted by atomic mass is 9.95. The minimum Gasteiger partial charge on any atom is -0.495 e. The summed E-state index contributed by atoms with van der Waals surface area (Å²) in [5.41, 5.74) is 0.0548. The molecule has 11 nitrogen and oxygen atoms in total. The monoisotopic (exact) mass is 592 g/mol. The fraction of sp³-hybridized carbons (Fsp3) is 0.133. The number of hydrogen-bond donors (Lipinski definition) is 5. The number of rotatable bonds is 10. The minimum absolute atomic E-state index is 0.0296. The van der Waals surface area contributed by atoms with Gasteiger partial charge in [0.1, 0.15) is 11.8 Å². The third-order valence-electron chi connectivity index (χ3n) is 6.39. The third kappa shape index (κ3) is 6.73. The van der Waals surface area contributed by atoms with Crippen LogP contribution in [0.1, 0.15) is 32.3 Å². The van der Waals surface area contributed by atoms with Crippen LogP contribution in [0.4, 0.5) is 5.69 Å². The second-order valence-electron chi connectivity index (χ2n) is 9.23. The Balaban J connectivity index is 1.81. The first kappa shape index (κ1) is 30.2. The number of anilines is 1. The van der Waals surface area contributed by atoms with Gasteiger partial charge in [0.15, 0.2) is 0 Å². The normalized spacial score (nSPS) is 11.9. The molecular formula is C30H25ClN2O9. The average Bonchev–Trinajstić information content (AvgIpc) is 2.96. The van der Waals surface area contributed by atoms with Crippen LogP contribution >= 0.6 is 11.6 Å². The molecule has 0 spiro atoms. The van der Waals surface area contributed by atoms with E-state index in [1.807, 2.05) is 0 Å². The molecule has 0 saturated heterocycles. The van der Waals surface area contributed by atoms with Crippen LogP contribution in [-0.2, 0) is 11.2 Å². The van der Waals surface area contributed by atoms with E-state index >= 15 is 0 Å². The number of ketones is 1. The van der Waals surface area contributed by atoms with Crippen LogP contribution in [0.3, 0.4) is 0 Å². The van der Waals surface area contributed by atoms with Crippen LogP contribution in [0.25, 0.3) is 11.1 Å². The molecule has 4 rings (SSSR count).